The van der Waals surface area contributed by atoms with Crippen molar-refractivity contribution >= 4 is 5.91 Å². The molecule has 0 bridgehead atoms. The lowest BCUT2D eigenvalue weighted by Crippen LogP contribution is -2.41. The second-order valence-corrected chi connectivity index (χ2v) is 7.76. The number of benzene rings is 2. The molecular weight excluding hydrogens is 360 g/mol. The Kier molecular flexibility index (Phi) is 6.76. The average molecular weight is 391 g/mol. The number of carbonyl (C=O) groups is 1. The lowest BCUT2D eigenvalue weighted by Gasteiger charge is -2.32. The molecule has 3 aromatic rings. The molecule has 1 unspecified atom stereocenters. The molecule has 152 valence electrons. The van der Waals surface area contributed by atoms with Gasteiger partial charge in [-0.2, -0.15) is 0 Å². The molecule has 0 N–H and O–H groups in total. The molecule has 1 aromatic heterocycles. The van der Waals surface area contributed by atoms with E-state index in [4.69, 9.17) is 4.74 Å². The number of ether oxygens (including phenoxy) is 1. The Morgan fingerprint density at radius 1 is 0.966 bits per heavy atom. The maximum absolute atomic E-state index is 13.4. The van der Waals surface area contributed by atoms with Crippen molar-refractivity contribution in [3.8, 4) is 5.75 Å². The maximum atomic E-state index is 13.4. The number of nitrogens with zero attached hydrogens (tertiary/aromatic N) is 2. The zero-order valence-electron chi connectivity index (χ0n) is 17.7. The van der Waals surface area contributed by atoms with Gasteiger partial charge in [0.15, 0.2) is 0 Å². The van der Waals surface area contributed by atoms with Gasteiger partial charge in [-0.3, -0.25) is 4.79 Å². The van der Waals surface area contributed by atoms with E-state index < -0.39 is 0 Å². The van der Waals surface area contributed by atoms with Crippen molar-refractivity contribution < 1.29 is 9.53 Å². The summed E-state index contributed by atoms with van der Waals surface area (Å²) in [4.78, 5) is 15.3. The van der Waals surface area contributed by atoms with Gasteiger partial charge in [-0.05, 0) is 54.8 Å². The van der Waals surface area contributed by atoms with E-state index in [1.807, 2.05) is 41.3 Å². The molecule has 0 aliphatic rings. The van der Waals surface area contributed by atoms with Gasteiger partial charge in [-0.1, -0.05) is 44.2 Å². The molecule has 4 heteroatoms. The molecule has 2 aromatic carbocycles. The van der Waals surface area contributed by atoms with E-state index in [2.05, 4.69) is 61.9 Å². The predicted molar refractivity (Wildman–Crippen MR) is 117 cm³/mol. The van der Waals surface area contributed by atoms with Crippen molar-refractivity contribution in [2.75, 3.05) is 7.11 Å². The van der Waals surface area contributed by atoms with Crippen molar-refractivity contribution in [2.45, 2.75) is 39.9 Å². The van der Waals surface area contributed by atoms with E-state index in [0.717, 1.165) is 18.0 Å². The van der Waals surface area contributed by atoms with Crippen LogP contribution in [0.4, 0.5) is 0 Å². The van der Waals surface area contributed by atoms with Crippen LogP contribution >= 0.6 is 0 Å². The Labute approximate surface area is 173 Å². The number of methoxy groups -OCH3 is 1. The van der Waals surface area contributed by atoms with E-state index >= 15 is 0 Å². The van der Waals surface area contributed by atoms with Crippen molar-refractivity contribution in [2.24, 2.45) is 5.92 Å². The molecule has 0 spiro atoms. The number of amides is 1. The van der Waals surface area contributed by atoms with Crippen LogP contribution in [0.1, 0.15) is 42.4 Å². The van der Waals surface area contributed by atoms with Gasteiger partial charge in [0.2, 0.25) is 0 Å². The van der Waals surface area contributed by atoms with E-state index in [0.29, 0.717) is 18.0 Å². The normalized spacial score (nSPS) is 12.0. The van der Waals surface area contributed by atoms with Crippen molar-refractivity contribution in [1.29, 1.82) is 0 Å². The van der Waals surface area contributed by atoms with Crippen LogP contribution in [0.3, 0.4) is 0 Å². The highest BCUT2D eigenvalue weighted by Gasteiger charge is 2.25. The lowest BCUT2D eigenvalue weighted by atomic mass is 10.0. The van der Waals surface area contributed by atoms with Crippen LogP contribution in [-0.2, 0) is 13.1 Å². The fourth-order valence-electron chi connectivity index (χ4n) is 3.36. The Hall–Kier alpha value is -3.01. The summed E-state index contributed by atoms with van der Waals surface area (Å²) in [5, 5.41) is 0. The summed E-state index contributed by atoms with van der Waals surface area (Å²) in [6.45, 7) is 7.80. The van der Waals surface area contributed by atoms with Crippen molar-refractivity contribution in [3.05, 3.63) is 89.7 Å². The largest absolute Gasteiger partial charge is 0.497 e. The molecule has 0 saturated heterocycles. The maximum Gasteiger partial charge on any atom is 0.254 e. The minimum atomic E-state index is 0.0429. The van der Waals surface area contributed by atoms with Gasteiger partial charge in [0, 0.05) is 30.0 Å². The number of rotatable bonds is 8. The number of carbonyl (C=O) groups excluding carboxylic acids is 1. The number of aromatic nitrogens is 1. The molecule has 0 saturated carbocycles. The van der Waals surface area contributed by atoms with Gasteiger partial charge in [0.25, 0.3) is 5.91 Å². The molecule has 1 atom stereocenters. The van der Waals surface area contributed by atoms with Crippen LogP contribution in [0.15, 0.2) is 72.9 Å². The molecule has 3 rings (SSSR count). The minimum absolute atomic E-state index is 0.0429. The number of hydrogen-bond donors (Lipinski definition) is 0. The van der Waals surface area contributed by atoms with Gasteiger partial charge >= 0.3 is 0 Å². The first kappa shape index (κ1) is 20.7. The van der Waals surface area contributed by atoms with E-state index in [1.54, 1.807) is 7.11 Å². The Morgan fingerprint density at radius 3 is 2.28 bits per heavy atom. The summed E-state index contributed by atoms with van der Waals surface area (Å²) in [6.07, 6.45) is 2.08. The minimum Gasteiger partial charge on any atom is -0.497 e. The highest BCUT2D eigenvalue weighted by Crippen LogP contribution is 2.21. The average Bonchev–Trinajstić information content (AvgIpc) is 3.18. The topological polar surface area (TPSA) is 34.5 Å². The summed E-state index contributed by atoms with van der Waals surface area (Å²) in [6, 6.07) is 22.0. The molecule has 0 fully saturated rings. The predicted octanol–water partition coefficient (Wildman–Crippen LogP) is 5.23. The number of hydrogen-bond acceptors (Lipinski definition) is 2. The van der Waals surface area contributed by atoms with Crippen molar-refractivity contribution in [1.82, 2.24) is 9.47 Å². The van der Waals surface area contributed by atoms with Gasteiger partial charge in [0.1, 0.15) is 5.75 Å². The Balaban J connectivity index is 1.85. The fraction of sp³-hybridized carbons (Fsp3) is 0.320. The SMILES string of the molecule is COc1ccc(C(=O)N(Cc2cccn2Cc2ccccc2)C(C)C(C)C)cc1. The second kappa shape index (κ2) is 9.46. The highest BCUT2D eigenvalue weighted by atomic mass is 16.5. The second-order valence-electron chi connectivity index (χ2n) is 7.76. The van der Waals surface area contributed by atoms with Crippen LogP contribution in [0.25, 0.3) is 0 Å². The molecule has 0 aliphatic carbocycles. The third-order valence-corrected chi connectivity index (χ3v) is 5.51. The standard InChI is InChI=1S/C25H30N2O2/c1-19(2)20(3)27(25(28)22-12-14-24(29-4)15-13-22)18-23-11-8-16-26(23)17-21-9-6-5-7-10-21/h5-16,19-20H,17-18H2,1-4H3. The van der Waals surface area contributed by atoms with Crippen LogP contribution < -0.4 is 4.74 Å². The van der Waals surface area contributed by atoms with E-state index in [-0.39, 0.29) is 11.9 Å². The zero-order valence-corrected chi connectivity index (χ0v) is 17.7. The van der Waals surface area contributed by atoms with Gasteiger partial charge < -0.3 is 14.2 Å². The smallest absolute Gasteiger partial charge is 0.254 e. The summed E-state index contributed by atoms with van der Waals surface area (Å²) >= 11 is 0. The molecule has 4 nitrogen and oxygen atoms in total. The fourth-order valence-corrected chi connectivity index (χ4v) is 3.36. The molecule has 0 radical (unpaired) electrons. The Morgan fingerprint density at radius 2 is 1.66 bits per heavy atom. The third-order valence-electron chi connectivity index (χ3n) is 5.51. The zero-order chi connectivity index (χ0) is 20.8. The third kappa shape index (κ3) is 5.08. The summed E-state index contributed by atoms with van der Waals surface area (Å²) in [7, 11) is 1.63. The molecule has 1 amide bonds. The summed E-state index contributed by atoms with van der Waals surface area (Å²) < 4.78 is 7.44. The highest BCUT2D eigenvalue weighted by molar-refractivity contribution is 5.94. The van der Waals surface area contributed by atoms with Crippen LogP contribution in [0, 0.1) is 5.92 Å². The van der Waals surface area contributed by atoms with Gasteiger partial charge in [-0.15, -0.1) is 0 Å². The first-order chi connectivity index (χ1) is 14.0. The van der Waals surface area contributed by atoms with Crippen molar-refractivity contribution in [3.63, 3.8) is 0 Å². The molecular formula is C25H30N2O2. The first-order valence-corrected chi connectivity index (χ1v) is 10.1. The summed E-state index contributed by atoms with van der Waals surface area (Å²) in [5.41, 5.74) is 3.05. The van der Waals surface area contributed by atoms with Crippen LogP contribution in [0.5, 0.6) is 5.75 Å². The first-order valence-electron chi connectivity index (χ1n) is 10.1. The van der Waals surface area contributed by atoms with E-state index in [1.165, 1.54) is 5.56 Å². The summed E-state index contributed by atoms with van der Waals surface area (Å²) in [5.74, 6) is 1.15. The van der Waals surface area contributed by atoms with Gasteiger partial charge in [-0.25, -0.2) is 0 Å². The quantitative estimate of drug-likeness (QED) is 0.528. The monoisotopic (exact) mass is 390 g/mol. The molecule has 0 aliphatic heterocycles. The van der Waals surface area contributed by atoms with E-state index in [9.17, 15) is 4.79 Å². The van der Waals surface area contributed by atoms with Crippen LogP contribution in [-0.4, -0.2) is 28.5 Å². The lowest BCUT2D eigenvalue weighted by molar-refractivity contribution is 0.0622. The van der Waals surface area contributed by atoms with Crippen LogP contribution in [0.2, 0.25) is 0 Å². The molecule has 29 heavy (non-hydrogen) atoms. The Bertz CT molecular complexity index is 914. The van der Waals surface area contributed by atoms with Gasteiger partial charge in [0.05, 0.1) is 13.7 Å². The molecule has 1 heterocycles.